The van der Waals surface area contributed by atoms with Gasteiger partial charge in [-0.15, -0.1) is 0 Å². The fourth-order valence-electron chi connectivity index (χ4n) is 16.0. The third-order valence-corrected chi connectivity index (χ3v) is 21.7. The Morgan fingerprint density at radius 3 is 0.808 bits per heavy atom. The van der Waals surface area contributed by atoms with Crippen LogP contribution in [0, 0.1) is 90.6 Å². The van der Waals surface area contributed by atoms with Crippen LogP contribution in [0.1, 0.15) is 44.5 Å². The van der Waals surface area contributed by atoms with E-state index in [0.29, 0.717) is 119 Å². The van der Waals surface area contributed by atoms with Crippen molar-refractivity contribution < 1.29 is 0 Å². The van der Waals surface area contributed by atoms with Crippen LogP contribution in [0.2, 0.25) is 0 Å². The molecule has 0 saturated heterocycles. The molecule has 550 valence electrons. The number of benzene rings is 15. The number of nitriles is 8. The van der Waals surface area contributed by atoms with Crippen LogP contribution in [0.4, 0.5) is 0 Å². The van der Waals surface area contributed by atoms with E-state index in [1.807, 2.05) is 176 Å². The fraction of sp³-hybridized carbons (Fsp3) is 0. The molecule has 16 nitrogen and oxygen atoms in total. The second kappa shape index (κ2) is 30.4. The van der Waals surface area contributed by atoms with Crippen molar-refractivity contribution in [3.05, 3.63) is 372 Å². The summed E-state index contributed by atoms with van der Waals surface area (Å²) in [5.74, 6) is 2.62. The van der Waals surface area contributed by atoms with Crippen molar-refractivity contribution in [3.8, 4) is 195 Å². The first-order valence-electron chi connectivity index (χ1n) is 38.2. The lowest BCUT2D eigenvalue weighted by Gasteiger charge is -2.17. The molecule has 0 bridgehead atoms. The number of hydrogen-bond acceptors (Lipinski definition) is 14. The minimum absolute atomic E-state index is 0.338. The molecule has 0 N–H and O–H groups in total. The van der Waals surface area contributed by atoms with Crippen molar-refractivity contribution in [1.82, 2.24) is 39.0 Å². The lowest BCUT2D eigenvalue weighted by Crippen LogP contribution is -2.04. The lowest BCUT2D eigenvalue weighted by molar-refractivity contribution is 1.06. The predicted octanol–water partition coefficient (Wildman–Crippen LogP) is 23.2. The Labute approximate surface area is 687 Å². The highest BCUT2D eigenvalue weighted by Crippen LogP contribution is 2.45. The second-order valence-corrected chi connectivity index (χ2v) is 28.7. The number of hydrogen-bond donors (Lipinski definition) is 0. The minimum atomic E-state index is 0.338. The molecule has 15 aromatic carbocycles. The summed E-state index contributed by atoms with van der Waals surface area (Å²) in [7, 11) is 0. The molecule has 0 amide bonds. The summed E-state index contributed by atoms with van der Waals surface area (Å²) in [4.78, 5) is 31.8. The third-order valence-electron chi connectivity index (χ3n) is 21.7. The highest BCUT2D eigenvalue weighted by atomic mass is 15.1. The molecule has 0 atom stereocenters. The van der Waals surface area contributed by atoms with Crippen LogP contribution in [0.5, 0.6) is 0 Å². The summed E-state index contributed by atoms with van der Waals surface area (Å²) >= 11 is 0. The van der Waals surface area contributed by atoms with Gasteiger partial charge in [-0.3, -0.25) is 0 Å². The van der Waals surface area contributed by atoms with E-state index in [-0.39, 0.29) is 0 Å². The monoisotopic (exact) mass is 1530 g/mol. The zero-order chi connectivity index (χ0) is 81.5. The Balaban J connectivity index is 0.851. The molecular formula is C104H54N16. The first-order chi connectivity index (χ1) is 59.0. The SMILES string of the molecule is N#Cc1ccc(-c2ccc3c(c2)c2cc(-c4ccc(C#N)cc4C#N)ccc2n3-c2cc(-c3cccc(-c4ccc(-n5c6ccc(-c7ccc(C#N)cc7C#N)cc6c6cc(-c7ccc(C#N)cc7C#N)ccc65)c(-c5nc(-c6ccccc6)nc(-c6ccccc6)n5)c4)c3)cc(-c3nc(-c4ccccc4)nc(-c4ccccc4)n3)c2)c(C#N)c1. The highest BCUT2D eigenvalue weighted by Gasteiger charge is 2.26. The predicted molar refractivity (Wildman–Crippen MR) is 465 cm³/mol. The molecule has 0 spiro atoms. The van der Waals surface area contributed by atoms with Gasteiger partial charge in [-0.1, -0.05) is 194 Å². The van der Waals surface area contributed by atoms with E-state index in [0.717, 1.165) is 116 Å². The summed E-state index contributed by atoms with van der Waals surface area (Å²) in [5.41, 5.74) is 20.7. The molecule has 16 heteroatoms. The van der Waals surface area contributed by atoms with Crippen LogP contribution >= 0.6 is 0 Å². The molecule has 0 aliphatic heterocycles. The van der Waals surface area contributed by atoms with Gasteiger partial charge < -0.3 is 9.13 Å². The van der Waals surface area contributed by atoms with Gasteiger partial charge in [-0.05, 0) is 200 Å². The fourth-order valence-corrected chi connectivity index (χ4v) is 16.0. The zero-order valence-corrected chi connectivity index (χ0v) is 63.3. The molecule has 120 heavy (non-hydrogen) atoms. The van der Waals surface area contributed by atoms with Crippen LogP contribution in [-0.2, 0) is 0 Å². The first-order valence-corrected chi connectivity index (χ1v) is 38.2. The molecule has 0 fully saturated rings. The van der Waals surface area contributed by atoms with Gasteiger partial charge in [0.2, 0.25) is 0 Å². The molecule has 19 rings (SSSR count). The van der Waals surface area contributed by atoms with E-state index < -0.39 is 0 Å². The van der Waals surface area contributed by atoms with Crippen LogP contribution in [0.15, 0.2) is 328 Å². The van der Waals surface area contributed by atoms with Gasteiger partial charge in [0, 0.05) is 60.6 Å². The van der Waals surface area contributed by atoms with Crippen molar-refractivity contribution >= 4 is 43.6 Å². The molecule has 0 radical (unpaired) electrons. The molecule has 4 heterocycles. The average Bonchev–Trinajstić information content (AvgIpc) is 1.57. The van der Waals surface area contributed by atoms with E-state index in [2.05, 4.69) is 137 Å². The maximum Gasteiger partial charge on any atom is 0.166 e. The second-order valence-electron chi connectivity index (χ2n) is 28.7. The standard InChI is InChI=1S/C104H54N16/c105-55-63-24-33-85(80(42-63)59-109)74-29-38-94-89(51-74)90-52-75(86-34-25-64(56-106)43-81(86)60-110)30-39-95(90)119(94)84-48-78(47-79(49-84)103-115-99(67-14-5-1-6-15-67)113-100(116-103)68-16-7-2-8-17-68)72-23-13-22-71(46-72)73-28-37-98(93(50-73)104-117-101(69-18-9-3-10-19-69)114-102(118-104)70-20-11-4-12-21-70)120-96-40-31-76(87-35-26-65(57-107)44-82(87)61-111)53-91(96)92-54-77(32-41-97(92)120)88-36-27-66(58-108)45-83(88)62-112/h1-54H. The molecule has 0 unspecified atom stereocenters. The highest BCUT2D eigenvalue weighted by molar-refractivity contribution is 6.14. The maximum atomic E-state index is 10.6. The Kier molecular flexibility index (Phi) is 18.3. The number of fused-ring (bicyclic) bond motifs is 6. The average molecular weight is 1530 g/mol. The van der Waals surface area contributed by atoms with Gasteiger partial charge in [0.05, 0.1) is 121 Å². The van der Waals surface area contributed by atoms with Crippen molar-refractivity contribution in [1.29, 1.82) is 42.1 Å². The normalized spacial score (nSPS) is 10.9. The van der Waals surface area contributed by atoms with Gasteiger partial charge in [0.15, 0.2) is 34.9 Å². The Morgan fingerprint density at radius 1 is 0.183 bits per heavy atom. The van der Waals surface area contributed by atoms with Crippen molar-refractivity contribution in [2.24, 2.45) is 0 Å². The van der Waals surface area contributed by atoms with Crippen LogP contribution in [0.3, 0.4) is 0 Å². The van der Waals surface area contributed by atoms with Crippen LogP contribution < -0.4 is 0 Å². The van der Waals surface area contributed by atoms with Gasteiger partial charge in [0.25, 0.3) is 0 Å². The van der Waals surface area contributed by atoms with Crippen molar-refractivity contribution in [2.45, 2.75) is 0 Å². The van der Waals surface area contributed by atoms with E-state index >= 15 is 0 Å². The van der Waals surface area contributed by atoms with E-state index in [1.165, 1.54) is 0 Å². The topological polar surface area (TPSA) is 278 Å². The van der Waals surface area contributed by atoms with Gasteiger partial charge in [-0.25, -0.2) is 29.9 Å². The molecular weight excluding hydrogens is 1470 g/mol. The summed E-state index contributed by atoms with van der Waals surface area (Å²) in [6.07, 6.45) is 0. The number of rotatable bonds is 14. The summed E-state index contributed by atoms with van der Waals surface area (Å²) < 4.78 is 4.40. The van der Waals surface area contributed by atoms with E-state index in [4.69, 9.17) is 29.9 Å². The number of nitrogens with zero attached hydrogens (tertiary/aromatic N) is 16. The van der Waals surface area contributed by atoms with Gasteiger partial charge >= 0.3 is 0 Å². The summed E-state index contributed by atoms with van der Waals surface area (Å²) in [6, 6.07) is 123. The van der Waals surface area contributed by atoms with E-state index in [9.17, 15) is 42.1 Å². The smallest absolute Gasteiger partial charge is 0.166 e. The quantitative estimate of drug-likeness (QED) is 0.0979. The van der Waals surface area contributed by atoms with Gasteiger partial charge in [-0.2, -0.15) is 42.1 Å². The molecule has 4 aromatic heterocycles. The Morgan fingerprint density at radius 2 is 0.467 bits per heavy atom. The van der Waals surface area contributed by atoms with E-state index in [1.54, 1.807) is 72.8 Å². The van der Waals surface area contributed by atoms with Crippen molar-refractivity contribution in [2.75, 3.05) is 0 Å². The molecule has 0 saturated carbocycles. The van der Waals surface area contributed by atoms with Gasteiger partial charge in [0.1, 0.15) is 0 Å². The largest absolute Gasteiger partial charge is 0.309 e. The summed E-state index contributed by atoms with van der Waals surface area (Å²) in [5, 5.41) is 85.4. The molecule has 0 aliphatic carbocycles. The first kappa shape index (κ1) is 72.1. The minimum Gasteiger partial charge on any atom is -0.309 e. The Hall–Kier alpha value is -18.2. The zero-order valence-electron chi connectivity index (χ0n) is 63.3. The number of aromatic nitrogens is 8. The molecule has 19 aromatic rings. The van der Waals surface area contributed by atoms with Crippen molar-refractivity contribution in [3.63, 3.8) is 0 Å². The van der Waals surface area contributed by atoms with Crippen LogP contribution in [-0.4, -0.2) is 39.0 Å². The molecule has 0 aliphatic rings. The third kappa shape index (κ3) is 13.1. The summed E-state index contributed by atoms with van der Waals surface area (Å²) in [6.45, 7) is 0. The lowest BCUT2D eigenvalue weighted by atomic mass is 9.95. The maximum absolute atomic E-state index is 10.6. The Bertz CT molecular complexity index is 7500. The van der Waals surface area contributed by atoms with Crippen LogP contribution in [0.25, 0.3) is 190 Å².